The quantitative estimate of drug-likeness (QED) is 0.307. The van der Waals surface area contributed by atoms with Crippen molar-refractivity contribution in [3.05, 3.63) is 42.0 Å². The molecular formula is C16H7F17. The van der Waals surface area contributed by atoms with E-state index in [1.54, 1.807) is 0 Å². The van der Waals surface area contributed by atoms with Crippen LogP contribution in [0.4, 0.5) is 74.6 Å². The maximum Gasteiger partial charge on any atom is 0.460 e. The third-order valence-electron chi connectivity index (χ3n) is 4.03. The third kappa shape index (κ3) is 4.11. The largest absolute Gasteiger partial charge is 0.460 e. The van der Waals surface area contributed by atoms with Crippen molar-refractivity contribution in [3.8, 4) is 0 Å². The molecule has 0 unspecified atom stereocenters. The number of hydrogen-bond acceptors (Lipinski definition) is 0. The summed E-state index contributed by atoms with van der Waals surface area (Å²) in [4.78, 5) is 0. The van der Waals surface area contributed by atoms with Gasteiger partial charge in [0.2, 0.25) is 0 Å². The maximum absolute atomic E-state index is 13.6. The Kier molecular flexibility index (Phi) is 6.91. The van der Waals surface area contributed by atoms with Crippen LogP contribution < -0.4 is 0 Å². The fraction of sp³-hybridized carbons (Fsp3) is 0.500. The lowest BCUT2D eigenvalue weighted by atomic mass is 9.89. The smallest absolute Gasteiger partial charge is 0.195 e. The first-order valence-electron chi connectivity index (χ1n) is 7.78. The maximum atomic E-state index is 13.6. The van der Waals surface area contributed by atoms with Crippen LogP contribution in [0.5, 0.6) is 0 Å². The number of halogens is 17. The molecule has 0 saturated carbocycles. The Balaban J connectivity index is 3.58. The Morgan fingerprint density at radius 2 is 0.758 bits per heavy atom. The van der Waals surface area contributed by atoms with Crippen LogP contribution in [0.25, 0.3) is 6.08 Å². The number of alkyl halides is 17. The summed E-state index contributed by atoms with van der Waals surface area (Å²) in [6.45, 7) is 0. The van der Waals surface area contributed by atoms with Crippen molar-refractivity contribution in [2.45, 2.75) is 47.6 Å². The van der Waals surface area contributed by atoms with Gasteiger partial charge in [-0.1, -0.05) is 36.4 Å². The van der Waals surface area contributed by atoms with Gasteiger partial charge in [0, 0.05) is 0 Å². The fourth-order valence-corrected chi connectivity index (χ4v) is 2.05. The summed E-state index contributed by atoms with van der Waals surface area (Å²) in [7, 11) is 0. The van der Waals surface area contributed by atoms with E-state index >= 15 is 0 Å². The molecule has 0 aromatic heterocycles. The number of benzene rings is 1. The molecule has 1 rings (SSSR count). The van der Waals surface area contributed by atoms with Gasteiger partial charge in [-0.3, -0.25) is 0 Å². The Labute approximate surface area is 171 Å². The molecule has 1 aromatic rings. The highest BCUT2D eigenvalue weighted by atomic mass is 19.4. The van der Waals surface area contributed by atoms with E-state index < -0.39 is 59.3 Å². The number of allylic oxidation sites excluding steroid dienone is 1. The van der Waals surface area contributed by atoms with Crippen molar-refractivity contribution in [1.82, 2.24) is 0 Å². The monoisotopic (exact) mass is 522 g/mol. The molecule has 1 aromatic carbocycles. The predicted octanol–water partition coefficient (Wildman–Crippen LogP) is 7.71. The van der Waals surface area contributed by atoms with Gasteiger partial charge in [-0.15, -0.1) is 0 Å². The molecular weight excluding hydrogens is 515 g/mol. The van der Waals surface area contributed by atoms with Gasteiger partial charge in [-0.2, -0.15) is 74.6 Å². The first-order chi connectivity index (χ1) is 14.3. The fourth-order valence-electron chi connectivity index (χ4n) is 2.05. The van der Waals surface area contributed by atoms with E-state index in [0.29, 0.717) is 0 Å². The molecule has 0 nitrogen and oxygen atoms in total. The highest BCUT2D eigenvalue weighted by molar-refractivity contribution is 5.50. The van der Waals surface area contributed by atoms with Crippen LogP contribution in [0, 0.1) is 0 Å². The van der Waals surface area contributed by atoms with Crippen LogP contribution in [0.1, 0.15) is 5.56 Å². The van der Waals surface area contributed by atoms with Gasteiger partial charge in [0.05, 0.1) is 0 Å². The molecule has 190 valence electrons. The minimum absolute atomic E-state index is 0.104. The van der Waals surface area contributed by atoms with E-state index in [1.165, 1.54) is 6.07 Å². The minimum atomic E-state index is -8.62. The Bertz CT molecular complexity index is 848. The first-order valence-corrected chi connectivity index (χ1v) is 7.78. The lowest BCUT2D eigenvalue weighted by Gasteiger charge is -2.42. The minimum Gasteiger partial charge on any atom is -0.195 e. The van der Waals surface area contributed by atoms with Crippen molar-refractivity contribution < 1.29 is 74.6 Å². The summed E-state index contributed by atoms with van der Waals surface area (Å²) in [5.41, 5.74) is -0.468. The van der Waals surface area contributed by atoms with E-state index in [9.17, 15) is 74.6 Å². The molecule has 0 bridgehead atoms. The normalized spacial score (nSPS) is 15.9. The van der Waals surface area contributed by atoms with E-state index in [1.807, 2.05) is 0 Å². The molecule has 0 saturated heterocycles. The second-order valence-electron chi connectivity index (χ2n) is 6.31. The summed E-state index contributed by atoms with van der Waals surface area (Å²) < 4.78 is 222. The number of rotatable bonds is 8. The topological polar surface area (TPSA) is 0 Å². The zero-order valence-electron chi connectivity index (χ0n) is 15.0. The highest BCUT2D eigenvalue weighted by Gasteiger charge is 2.95. The molecule has 0 N–H and O–H groups in total. The van der Waals surface area contributed by atoms with Gasteiger partial charge in [-0.05, 0) is 11.6 Å². The summed E-state index contributed by atoms with van der Waals surface area (Å²) in [6.07, 6.45) is -9.09. The van der Waals surface area contributed by atoms with Crippen LogP contribution in [0.3, 0.4) is 0 Å². The van der Waals surface area contributed by atoms with E-state index in [2.05, 4.69) is 0 Å². The second-order valence-corrected chi connectivity index (χ2v) is 6.31. The van der Waals surface area contributed by atoms with Crippen LogP contribution in [0.15, 0.2) is 36.4 Å². The van der Waals surface area contributed by atoms with E-state index in [-0.39, 0.29) is 6.08 Å². The van der Waals surface area contributed by atoms with Gasteiger partial charge in [0.1, 0.15) is 0 Å². The molecule has 0 atom stereocenters. The Hall–Kier alpha value is -2.23. The molecule has 0 radical (unpaired) electrons. The Morgan fingerprint density at radius 1 is 0.424 bits per heavy atom. The summed E-state index contributed by atoms with van der Waals surface area (Å²) in [6, 6.07) is 5.11. The summed E-state index contributed by atoms with van der Waals surface area (Å²) in [5, 5.41) is 0. The van der Waals surface area contributed by atoms with Gasteiger partial charge in [-0.25, -0.2) is 0 Å². The van der Waals surface area contributed by atoms with Crippen molar-refractivity contribution in [2.24, 2.45) is 0 Å². The number of hydrogen-bond donors (Lipinski definition) is 0. The van der Waals surface area contributed by atoms with E-state index in [0.717, 1.165) is 24.3 Å². The molecule has 0 aliphatic carbocycles. The molecule has 0 heterocycles. The van der Waals surface area contributed by atoms with Gasteiger partial charge < -0.3 is 0 Å². The third-order valence-corrected chi connectivity index (χ3v) is 4.03. The van der Waals surface area contributed by atoms with Crippen LogP contribution >= 0.6 is 0 Å². The molecule has 0 aliphatic rings. The van der Waals surface area contributed by atoms with Crippen LogP contribution in [-0.2, 0) is 0 Å². The van der Waals surface area contributed by atoms with Crippen molar-refractivity contribution in [2.75, 3.05) is 0 Å². The second kappa shape index (κ2) is 7.92. The molecule has 0 spiro atoms. The van der Waals surface area contributed by atoms with Gasteiger partial charge in [0.15, 0.2) is 0 Å². The van der Waals surface area contributed by atoms with Crippen molar-refractivity contribution >= 4 is 6.08 Å². The summed E-state index contributed by atoms with van der Waals surface area (Å²) in [5.74, 6) is -56.4. The molecule has 0 aliphatic heterocycles. The molecule has 17 heteroatoms. The van der Waals surface area contributed by atoms with Crippen molar-refractivity contribution in [1.29, 1.82) is 0 Å². The first kappa shape index (κ1) is 28.8. The average molecular weight is 522 g/mol. The van der Waals surface area contributed by atoms with Gasteiger partial charge >= 0.3 is 47.6 Å². The zero-order chi connectivity index (χ0) is 26.5. The van der Waals surface area contributed by atoms with E-state index in [4.69, 9.17) is 0 Å². The van der Waals surface area contributed by atoms with Crippen molar-refractivity contribution in [3.63, 3.8) is 0 Å². The van der Waals surface area contributed by atoms with Gasteiger partial charge in [0.25, 0.3) is 0 Å². The molecule has 33 heavy (non-hydrogen) atoms. The summed E-state index contributed by atoms with van der Waals surface area (Å²) >= 11 is 0. The van der Waals surface area contributed by atoms with Crippen LogP contribution in [-0.4, -0.2) is 47.6 Å². The Morgan fingerprint density at radius 3 is 1.12 bits per heavy atom. The molecule has 0 amide bonds. The SMILES string of the molecule is FC(F)(F)C(F)(F)C(F)(F)C(F)(F)C(F)(F)C(F)(F)C(F)(F)C(F)(F)/C=C\c1ccccc1. The standard InChI is InChI=1S/C16H7F17/c17-9(18,7-6-8-4-2-1-3-5-8)10(19,20)11(21,22)12(23,24)13(25,26)14(27,28)15(29,30)16(31,32)33/h1-7H/b7-6-. The highest BCUT2D eigenvalue weighted by Crippen LogP contribution is 2.64. The van der Waals surface area contributed by atoms with Crippen LogP contribution in [0.2, 0.25) is 0 Å². The average Bonchev–Trinajstić information content (AvgIpc) is 2.65. The lowest BCUT2D eigenvalue weighted by molar-refractivity contribution is -0.459. The molecule has 0 fully saturated rings. The zero-order valence-corrected chi connectivity index (χ0v) is 15.0. The predicted molar refractivity (Wildman–Crippen MR) is 76.2 cm³/mol. The lowest BCUT2D eigenvalue weighted by Crippen LogP contribution is -2.74.